The second kappa shape index (κ2) is 6.48. The van der Waals surface area contributed by atoms with Crippen molar-refractivity contribution in [1.82, 2.24) is 14.5 Å². The monoisotopic (exact) mass is 310 g/mol. The van der Waals surface area contributed by atoms with Gasteiger partial charge < -0.3 is 15.2 Å². The number of amides is 2. The topological polar surface area (TPSA) is 81.2 Å². The first-order valence-electron chi connectivity index (χ1n) is 7.48. The molecule has 0 saturated heterocycles. The Labute approximate surface area is 134 Å². The van der Waals surface area contributed by atoms with Gasteiger partial charge in [0.15, 0.2) is 0 Å². The molecular weight excluding hydrogens is 292 g/mol. The maximum atomic E-state index is 12.3. The van der Waals surface area contributed by atoms with Crippen molar-refractivity contribution in [3.8, 4) is 0 Å². The molecule has 1 aliphatic heterocycles. The molecule has 1 aliphatic rings. The summed E-state index contributed by atoms with van der Waals surface area (Å²) >= 11 is 0. The molecule has 6 heteroatoms. The van der Waals surface area contributed by atoms with Crippen LogP contribution in [0.3, 0.4) is 0 Å². The largest absolute Gasteiger partial charge is 0.364 e. The summed E-state index contributed by atoms with van der Waals surface area (Å²) in [6.07, 6.45) is 5.63. The first-order valence-corrected chi connectivity index (χ1v) is 7.48. The molecule has 6 nitrogen and oxygen atoms in total. The molecule has 1 aromatic carbocycles. The van der Waals surface area contributed by atoms with Gasteiger partial charge in [0.25, 0.3) is 5.91 Å². The van der Waals surface area contributed by atoms with E-state index in [0.717, 1.165) is 5.56 Å². The van der Waals surface area contributed by atoms with Crippen LogP contribution in [-0.4, -0.2) is 32.8 Å². The lowest BCUT2D eigenvalue weighted by molar-refractivity contribution is -0.131. The summed E-state index contributed by atoms with van der Waals surface area (Å²) < 4.78 is 1.78. The number of carbonyl (C=O) groups is 2. The summed E-state index contributed by atoms with van der Waals surface area (Å²) in [5.41, 5.74) is 6.78. The van der Waals surface area contributed by atoms with E-state index in [0.29, 0.717) is 37.6 Å². The van der Waals surface area contributed by atoms with E-state index in [1.807, 2.05) is 42.5 Å². The highest BCUT2D eigenvalue weighted by Gasteiger charge is 2.24. The molecule has 0 spiro atoms. The lowest BCUT2D eigenvalue weighted by Crippen LogP contribution is -2.39. The number of primary amides is 1. The van der Waals surface area contributed by atoms with Crippen molar-refractivity contribution in [1.29, 1.82) is 0 Å². The first-order chi connectivity index (χ1) is 11.1. The van der Waals surface area contributed by atoms with Gasteiger partial charge in [0, 0.05) is 19.5 Å². The number of imidazole rings is 1. The molecule has 0 bridgehead atoms. The fourth-order valence-electron chi connectivity index (χ4n) is 2.66. The molecule has 2 heterocycles. The van der Waals surface area contributed by atoms with E-state index in [2.05, 4.69) is 4.98 Å². The number of aromatic nitrogens is 2. The molecule has 1 aromatic heterocycles. The number of hydrogen-bond donors (Lipinski definition) is 1. The zero-order valence-electron chi connectivity index (χ0n) is 12.7. The number of nitrogens with two attached hydrogens (primary N) is 1. The number of rotatable bonds is 4. The standard InChI is InChI=1S/C17H18N4O2/c18-17(23)14-11-19-15-12-20(9-10-21(14)15)16(22)8-4-7-13-5-2-1-3-6-13/h1-7,11H,8-10,12H2,(H2,18,23). The predicted octanol–water partition coefficient (Wildman–Crippen LogP) is 1.43. The second-order valence-corrected chi connectivity index (χ2v) is 5.41. The SMILES string of the molecule is NC(=O)c1cnc2n1CCN(C(=O)CC=Cc1ccccc1)C2. The molecule has 2 N–H and O–H groups in total. The Morgan fingerprint density at radius 2 is 2.00 bits per heavy atom. The third kappa shape index (κ3) is 3.31. The molecule has 0 fully saturated rings. The number of nitrogens with zero attached hydrogens (tertiary/aromatic N) is 3. The number of carbonyl (C=O) groups excluding carboxylic acids is 2. The quantitative estimate of drug-likeness (QED) is 0.927. The van der Waals surface area contributed by atoms with Gasteiger partial charge in [-0.25, -0.2) is 4.98 Å². The highest BCUT2D eigenvalue weighted by Crippen LogP contribution is 2.15. The Morgan fingerprint density at radius 3 is 2.74 bits per heavy atom. The maximum Gasteiger partial charge on any atom is 0.266 e. The Balaban J connectivity index is 1.61. The minimum Gasteiger partial charge on any atom is -0.364 e. The first kappa shape index (κ1) is 15.0. The van der Waals surface area contributed by atoms with Gasteiger partial charge in [0.1, 0.15) is 11.5 Å². The minimum absolute atomic E-state index is 0.0482. The molecule has 0 atom stereocenters. The van der Waals surface area contributed by atoms with Gasteiger partial charge >= 0.3 is 0 Å². The van der Waals surface area contributed by atoms with E-state index in [1.54, 1.807) is 9.47 Å². The Bertz CT molecular complexity index is 749. The van der Waals surface area contributed by atoms with Gasteiger partial charge in [-0.2, -0.15) is 0 Å². The maximum absolute atomic E-state index is 12.3. The lowest BCUT2D eigenvalue weighted by atomic mass is 10.2. The molecular formula is C17H18N4O2. The molecule has 0 aliphatic carbocycles. The average Bonchev–Trinajstić information content (AvgIpc) is 2.99. The number of fused-ring (bicyclic) bond motifs is 1. The molecule has 3 rings (SSSR count). The highest BCUT2D eigenvalue weighted by atomic mass is 16.2. The summed E-state index contributed by atoms with van der Waals surface area (Å²) in [5.74, 6) is 0.256. The third-order valence-corrected chi connectivity index (χ3v) is 3.87. The summed E-state index contributed by atoms with van der Waals surface area (Å²) in [6.45, 7) is 1.51. The summed E-state index contributed by atoms with van der Waals surface area (Å²) in [4.78, 5) is 29.5. The zero-order chi connectivity index (χ0) is 16.2. The van der Waals surface area contributed by atoms with Crippen molar-refractivity contribution in [2.75, 3.05) is 6.54 Å². The normalized spacial score (nSPS) is 14.0. The Kier molecular flexibility index (Phi) is 4.23. The molecule has 0 saturated carbocycles. The Hall–Kier alpha value is -2.89. The van der Waals surface area contributed by atoms with Crippen molar-refractivity contribution in [3.63, 3.8) is 0 Å². The summed E-state index contributed by atoms with van der Waals surface area (Å²) in [6, 6.07) is 9.86. The predicted molar refractivity (Wildman–Crippen MR) is 86.3 cm³/mol. The second-order valence-electron chi connectivity index (χ2n) is 5.41. The van der Waals surface area contributed by atoms with Gasteiger partial charge in [-0.3, -0.25) is 9.59 Å². The van der Waals surface area contributed by atoms with Crippen LogP contribution in [0.2, 0.25) is 0 Å². The summed E-state index contributed by atoms with van der Waals surface area (Å²) in [5, 5.41) is 0. The van der Waals surface area contributed by atoms with Gasteiger partial charge in [0.2, 0.25) is 5.91 Å². The van der Waals surface area contributed by atoms with Crippen molar-refractivity contribution in [3.05, 3.63) is 59.7 Å². The molecule has 118 valence electrons. The van der Waals surface area contributed by atoms with Crippen LogP contribution in [-0.2, 0) is 17.9 Å². The smallest absolute Gasteiger partial charge is 0.266 e. The van der Waals surface area contributed by atoms with Crippen LogP contribution in [0.5, 0.6) is 0 Å². The molecule has 2 amide bonds. The lowest BCUT2D eigenvalue weighted by Gasteiger charge is -2.28. The minimum atomic E-state index is -0.491. The van der Waals surface area contributed by atoms with Gasteiger partial charge in [-0.1, -0.05) is 42.5 Å². The van der Waals surface area contributed by atoms with E-state index in [1.165, 1.54) is 6.20 Å². The van der Waals surface area contributed by atoms with E-state index in [-0.39, 0.29) is 5.91 Å². The van der Waals surface area contributed by atoms with Crippen LogP contribution in [0.1, 0.15) is 28.3 Å². The fourth-order valence-corrected chi connectivity index (χ4v) is 2.66. The van der Waals surface area contributed by atoms with Crippen LogP contribution in [0.4, 0.5) is 0 Å². The molecule has 0 unspecified atom stereocenters. The number of benzene rings is 1. The van der Waals surface area contributed by atoms with Crippen LogP contribution < -0.4 is 5.73 Å². The van der Waals surface area contributed by atoms with Crippen molar-refractivity contribution < 1.29 is 9.59 Å². The van der Waals surface area contributed by atoms with E-state index < -0.39 is 5.91 Å². The van der Waals surface area contributed by atoms with E-state index in [9.17, 15) is 9.59 Å². The molecule has 23 heavy (non-hydrogen) atoms. The average molecular weight is 310 g/mol. The number of hydrogen-bond acceptors (Lipinski definition) is 3. The zero-order valence-corrected chi connectivity index (χ0v) is 12.7. The van der Waals surface area contributed by atoms with Crippen LogP contribution in [0.25, 0.3) is 6.08 Å². The fraction of sp³-hybridized carbons (Fsp3) is 0.235. The van der Waals surface area contributed by atoms with E-state index >= 15 is 0 Å². The van der Waals surface area contributed by atoms with Gasteiger partial charge in [-0.05, 0) is 5.56 Å². The van der Waals surface area contributed by atoms with Crippen LogP contribution in [0, 0.1) is 0 Å². The van der Waals surface area contributed by atoms with Crippen LogP contribution in [0.15, 0.2) is 42.6 Å². The Morgan fingerprint density at radius 1 is 1.22 bits per heavy atom. The molecule has 0 radical (unpaired) electrons. The molecule has 2 aromatic rings. The van der Waals surface area contributed by atoms with E-state index in [4.69, 9.17) is 5.73 Å². The highest BCUT2D eigenvalue weighted by molar-refractivity contribution is 5.91. The summed E-state index contributed by atoms with van der Waals surface area (Å²) in [7, 11) is 0. The van der Waals surface area contributed by atoms with Crippen LogP contribution >= 0.6 is 0 Å². The van der Waals surface area contributed by atoms with Crippen molar-refractivity contribution in [2.45, 2.75) is 19.5 Å². The van der Waals surface area contributed by atoms with Gasteiger partial charge in [0.05, 0.1) is 12.7 Å². The van der Waals surface area contributed by atoms with Crippen molar-refractivity contribution in [2.24, 2.45) is 5.73 Å². The van der Waals surface area contributed by atoms with Gasteiger partial charge in [-0.15, -0.1) is 0 Å². The van der Waals surface area contributed by atoms with Crippen molar-refractivity contribution >= 4 is 17.9 Å². The third-order valence-electron chi connectivity index (χ3n) is 3.87.